The molecule has 2 N–H and O–H groups in total. The molecule has 0 bridgehead atoms. The van der Waals surface area contributed by atoms with Gasteiger partial charge in [0, 0.05) is 5.57 Å². The predicted molar refractivity (Wildman–Crippen MR) is 128 cm³/mol. The molecule has 154 valence electrons. The number of hydrogen-bond acceptors (Lipinski definition) is 4. The highest BCUT2D eigenvalue weighted by Crippen LogP contribution is 2.36. The van der Waals surface area contributed by atoms with Crippen molar-refractivity contribution < 1.29 is 9.33 Å². The smallest absolute Gasteiger partial charge is 0.265 e. The van der Waals surface area contributed by atoms with Crippen molar-refractivity contribution in [2.24, 2.45) is 15.8 Å². The number of nitrogens with two attached hydrogens (primary N) is 1. The lowest BCUT2D eigenvalue weighted by atomic mass is 10.0. The van der Waals surface area contributed by atoms with E-state index in [0.29, 0.717) is 6.61 Å². The molecule has 1 unspecified atom stereocenters. The van der Waals surface area contributed by atoms with E-state index in [4.69, 9.17) is 15.6 Å². The van der Waals surface area contributed by atoms with Gasteiger partial charge in [0.1, 0.15) is 24.3 Å². The van der Waals surface area contributed by atoms with Crippen molar-refractivity contribution in [1.82, 2.24) is 0 Å². The molecule has 2 aliphatic heterocycles. The number of aliphatic imine (C=N–C) groups is 2. The fourth-order valence-electron chi connectivity index (χ4n) is 4.16. The van der Waals surface area contributed by atoms with Gasteiger partial charge in [-0.25, -0.2) is 0 Å². The Hall–Kier alpha value is -4.06. The van der Waals surface area contributed by atoms with Crippen molar-refractivity contribution in [3.8, 4) is 5.75 Å². The lowest BCUT2D eigenvalue weighted by Gasteiger charge is -2.26. The Morgan fingerprint density at radius 2 is 1.81 bits per heavy atom. The van der Waals surface area contributed by atoms with Gasteiger partial charge in [0.05, 0.1) is 18.0 Å². The standard InChI is InChI=1S/C27H21N4O/c28-31-14-13-29-17-25(31)26(21-7-3-8-21)30-27(31)23-9-4-10-24(16-23)32-18-19-11-12-20-5-1-2-6-22(20)15-19/h1-17H,18,28H2/q+1. The fourth-order valence-corrected chi connectivity index (χ4v) is 4.16. The van der Waals surface area contributed by atoms with Crippen LogP contribution in [0, 0.1) is 0 Å². The van der Waals surface area contributed by atoms with Gasteiger partial charge in [0.15, 0.2) is 0 Å². The average Bonchev–Trinajstić information content (AvgIpc) is 3.09. The maximum atomic E-state index is 6.79. The van der Waals surface area contributed by atoms with Crippen molar-refractivity contribution >= 4 is 22.8 Å². The van der Waals surface area contributed by atoms with Gasteiger partial charge in [-0.2, -0.15) is 10.8 Å². The second-order valence-corrected chi connectivity index (χ2v) is 8.00. The SMILES string of the molecule is N[N+]12C=CN=CC1=C(C1=CC=C1)N=C2c1cccc(OCc2ccc3ccccc3c2)c1. The van der Waals surface area contributed by atoms with Gasteiger partial charge in [-0.1, -0.05) is 60.7 Å². The number of benzene rings is 3. The Kier molecular flexibility index (Phi) is 4.24. The van der Waals surface area contributed by atoms with Crippen LogP contribution >= 0.6 is 0 Å². The normalized spacial score (nSPS) is 20.8. The molecular weight excluding hydrogens is 396 g/mol. The van der Waals surface area contributed by atoms with Crippen molar-refractivity contribution in [1.29, 1.82) is 0 Å². The first-order valence-corrected chi connectivity index (χ1v) is 10.5. The maximum absolute atomic E-state index is 6.79. The number of amidine groups is 1. The van der Waals surface area contributed by atoms with E-state index in [9.17, 15) is 0 Å². The molecule has 3 aromatic rings. The van der Waals surface area contributed by atoms with Crippen molar-refractivity contribution in [2.75, 3.05) is 0 Å². The van der Waals surface area contributed by atoms with Crippen LogP contribution in [-0.4, -0.2) is 16.6 Å². The zero-order valence-electron chi connectivity index (χ0n) is 17.3. The van der Waals surface area contributed by atoms with Gasteiger partial charge in [-0.05, 0) is 40.6 Å². The third kappa shape index (κ3) is 3.03. The van der Waals surface area contributed by atoms with E-state index < -0.39 is 0 Å². The molecule has 0 saturated heterocycles. The van der Waals surface area contributed by atoms with Gasteiger partial charge < -0.3 is 4.74 Å². The van der Waals surface area contributed by atoms with E-state index in [0.717, 1.165) is 39.7 Å². The van der Waals surface area contributed by atoms with Gasteiger partial charge in [0.2, 0.25) is 5.70 Å². The van der Waals surface area contributed by atoms with Gasteiger partial charge in [0.25, 0.3) is 5.84 Å². The van der Waals surface area contributed by atoms with E-state index in [-0.39, 0.29) is 4.59 Å². The Morgan fingerprint density at radius 3 is 2.66 bits per heavy atom. The molecule has 5 heteroatoms. The molecule has 1 aliphatic carbocycles. The number of rotatable bonds is 5. The molecule has 32 heavy (non-hydrogen) atoms. The highest BCUT2D eigenvalue weighted by Gasteiger charge is 2.44. The number of allylic oxidation sites excluding steroid dienone is 4. The van der Waals surface area contributed by atoms with Crippen LogP contribution in [-0.2, 0) is 6.61 Å². The summed E-state index contributed by atoms with van der Waals surface area (Å²) in [4.78, 5) is 9.19. The highest BCUT2D eigenvalue weighted by atomic mass is 16.5. The van der Waals surface area contributed by atoms with Crippen LogP contribution in [0.1, 0.15) is 11.1 Å². The maximum Gasteiger partial charge on any atom is 0.265 e. The van der Waals surface area contributed by atoms with Crippen LogP contribution in [0.15, 0.2) is 124 Å². The minimum Gasteiger partial charge on any atom is -0.489 e. The van der Waals surface area contributed by atoms with Crippen molar-refractivity contribution in [2.45, 2.75) is 6.61 Å². The monoisotopic (exact) mass is 417 g/mol. The molecule has 6 rings (SSSR count). The van der Waals surface area contributed by atoms with Gasteiger partial charge >= 0.3 is 0 Å². The largest absolute Gasteiger partial charge is 0.489 e. The average molecular weight is 417 g/mol. The third-order valence-electron chi connectivity index (χ3n) is 5.93. The summed E-state index contributed by atoms with van der Waals surface area (Å²) in [5.74, 6) is 8.31. The molecule has 0 fully saturated rings. The van der Waals surface area contributed by atoms with E-state index in [2.05, 4.69) is 47.5 Å². The highest BCUT2D eigenvalue weighted by molar-refractivity contribution is 6.01. The fraction of sp³-hybridized carbons (Fsp3) is 0.0370. The first-order chi connectivity index (χ1) is 15.7. The molecule has 0 saturated carbocycles. The first-order valence-electron chi connectivity index (χ1n) is 10.5. The summed E-state index contributed by atoms with van der Waals surface area (Å²) in [5, 5.41) is 2.43. The number of fused-ring (bicyclic) bond motifs is 2. The molecular formula is C27H21N4O+. The summed E-state index contributed by atoms with van der Waals surface area (Å²) in [7, 11) is 0. The molecule has 0 spiro atoms. The van der Waals surface area contributed by atoms with E-state index in [1.807, 2.05) is 48.7 Å². The summed E-state index contributed by atoms with van der Waals surface area (Å²) in [6, 6.07) is 22.7. The van der Waals surface area contributed by atoms with Crippen LogP contribution in [0.4, 0.5) is 0 Å². The summed E-state index contributed by atoms with van der Waals surface area (Å²) >= 11 is 0. The number of quaternary nitrogens is 1. The van der Waals surface area contributed by atoms with Gasteiger partial charge in [-0.15, -0.1) is 4.59 Å². The summed E-state index contributed by atoms with van der Waals surface area (Å²) < 4.78 is 6.13. The summed E-state index contributed by atoms with van der Waals surface area (Å²) in [6.45, 7) is 0.488. The Labute approximate surface area is 186 Å². The van der Waals surface area contributed by atoms with Crippen molar-refractivity contribution in [3.63, 3.8) is 0 Å². The number of hydrogen-bond donors (Lipinski definition) is 1. The Bertz CT molecular complexity index is 1440. The van der Waals surface area contributed by atoms with E-state index in [1.54, 1.807) is 12.4 Å². The zero-order chi connectivity index (χ0) is 21.5. The van der Waals surface area contributed by atoms with Crippen LogP contribution in [0.5, 0.6) is 5.75 Å². The quantitative estimate of drug-likeness (QED) is 0.462. The van der Waals surface area contributed by atoms with Crippen LogP contribution in [0.3, 0.4) is 0 Å². The molecule has 3 aliphatic rings. The van der Waals surface area contributed by atoms with Crippen molar-refractivity contribution in [3.05, 3.63) is 125 Å². The lowest BCUT2D eigenvalue weighted by Crippen LogP contribution is -2.53. The molecule has 0 aromatic heterocycles. The molecule has 0 radical (unpaired) electrons. The van der Waals surface area contributed by atoms with E-state index >= 15 is 0 Å². The van der Waals surface area contributed by atoms with Crippen LogP contribution in [0.25, 0.3) is 10.8 Å². The van der Waals surface area contributed by atoms with Gasteiger partial charge in [-0.3, -0.25) is 4.99 Å². The molecule has 5 nitrogen and oxygen atoms in total. The third-order valence-corrected chi connectivity index (χ3v) is 5.93. The molecule has 3 aromatic carbocycles. The summed E-state index contributed by atoms with van der Waals surface area (Å²) in [5.41, 5.74) is 4.83. The lowest BCUT2D eigenvalue weighted by molar-refractivity contribution is -0.750. The Balaban J connectivity index is 1.28. The zero-order valence-corrected chi connectivity index (χ0v) is 17.3. The molecule has 0 amide bonds. The molecule has 1 atom stereocenters. The minimum absolute atomic E-state index is 0.00184. The predicted octanol–water partition coefficient (Wildman–Crippen LogP) is 5.13. The topological polar surface area (TPSA) is 60.0 Å². The minimum atomic E-state index is -0.00184. The number of ether oxygens (including phenoxy) is 1. The number of nitrogens with zero attached hydrogens (tertiary/aromatic N) is 3. The Morgan fingerprint density at radius 1 is 0.938 bits per heavy atom. The van der Waals surface area contributed by atoms with Crippen LogP contribution < -0.4 is 10.6 Å². The summed E-state index contributed by atoms with van der Waals surface area (Å²) in [6.07, 6.45) is 11.4. The second-order valence-electron chi connectivity index (χ2n) is 8.00. The first kappa shape index (κ1) is 18.7. The molecule has 2 heterocycles. The second kappa shape index (κ2) is 7.27. The van der Waals surface area contributed by atoms with Crippen LogP contribution in [0.2, 0.25) is 0 Å². The van der Waals surface area contributed by atoms with E-state index in [1.165, 1.54) is 10.8 Å².